The number of benzene rings is 4. The molecule has 1 aliphatic carbocycles. The summed E-state index contributed by atoms with van der Waals surface area (Å²) in [7, 11) is -5.73. The Hall–Kier alpha value is -6.93. The Bertz CT molecular complexity index is 3910. The molecule has 0 radical (unpaired) electrons. The van der Waals surface area contributed by atoms with E-state index in [1.807, 2.05) is 90.1 Å². The van der Waals surface area contributed by atoms with Crippen molar-refractivity contribution in [2.24, 2.45) is 10.8 Å². The van der Waals surface area contributed by atoms with Crippen molar-refractivity contribution >= 4 is 79.1 Å². The maximum absolute atomic E-state index is 14.1. The van der Waals surface area contributed by atoms with E-state index in [4.69, 9.17) is 40.0 Å². The molecular weight excluding hydrogens is 1460 g/mol. The van der Waals surface area contributed by atoms with Gasteiger partial charge in [0.2, 0.25) is 17.7 Å². The minimum absolute atomic E-state index is 0.00582. The Balaban J connectivity index is 0.625. The van der Waals surface area contributed by atoms with Crippen LogP contribution < -0.4 is 26.2 Å². The molecule has 6 atom stereocenters. The molecular formula is C79H107ClF3N9O14S2. The minimum Gasteiger partial charge on any atom is -0.391 e. The van der Waals surface area contributed by atoms with Crippen molar-refractivity contribution in [2.45, 2.75) is 147 Å². The summed E-state index contributed by atoms with van der Waals surface area (Å²) in [6.07, 6.45) is 4.04. The molecule has 5 N–H and O–H groups in total. The number of hydrogen-bond acceptors (Lipinski definition) is 20. The Morgan fingerprint density at radius 1 is 0.796 bits per heavy atom. The maximum atomic E-state index is 14.1. The molecule has 1 aromatic heterocycles. The highest BCUT2D eigenvalue weighted by molar-refractivity contribution is 7.92. The molecule has 9 rings (SSSR count). The Morgan fingerprint density at radius 3 is 2.04 bits per heavy atom. The number of nitrogens with one attached hydrogen (secondary N) is 4. The van der Waals surface area contributed by atoms with E-state index in [0.717, 1.165) is 111 Å². The number of rotatable bonds is 39. The second-order valence-electron chi connectivity index (χ2n) is 29.7. The first-order chi connectivity index (χ1) is 51.6. The summed E-state index contributed by atoms with van der Waals surface area (Å²) in [6.45, 7) is 22.2. The number of carbonyl (C=O) groups excluding carboxylic acids is 5. The van der Waals surface area contributed by atoms with E-state index >= 15 is 0 Å². The number of alkyl halides is 3. The van der Waals surface area contributed by atoms with Crippen LogP contribution in [-0.2, 0) is 64.0 Å². The van der Waals surface area contributed by atoms with Gasteiger partial charge in [-0.15, -0.1) is 11.3 Å². The van der Waals surface area contributed by atoms with Gasteiger partial charge in [0, 0.05) is 101 Å². The zero-order valence-electron chi connectivity index (χ0n) is 63.2. The predicted molar refractivity (Wildman–Crippen MR) is 411 cm³/mol. The molecule has 0 saturated carbocycles. The van der Waals surface area contributed by atoms with Gasteiger partial charge in [0.15, 0.2) is 5.78 Å². The number of Topliss-reactive ketones (excluding diaryl/α,β-unsaturated/α-hetero) is 1. The van der Waals surface area contributed by atoms with E-state index in [2.05, 4.69) is 60.0 Å². The number of nitrogens with zero attached hydrogens (tertiary/aromatic N) is 5. The van der Waals surface area contributed by atoms with Crippen molar-refractivity contribution in [1.82, 2.24) is 35.6 Å². The van der Waals surface area contributed by atoms with Crippen LogP contribution >= 0.6 is 22.9 Å². The van der Waals surface area contributed by atoms with E-state index in [-0.39, 0.29) is 93.7 Å². The van der Waals surface area contributed by atoms with Crippen LogP contribution in [0.25, 0.3) is 16.0 Å². The van der Waals surface area contributed by atoms with Crippen molar-refractivity contribution in [3.05, 3.63) is 135 Å². The number of aliphatic hydroxyl groups excluding tert-OH is 1. The first-order valence-corrected chi connectivity index (χ1v) is 40.1. The lowest BCUT2D eigenvalue weighted by Gasteiger charge is -2.41. The van der Waals surface area contributed by atoms with Crippen molar-refractivity contribution in [3.8, 4) is 10.4 Å². The number of amides is 4. The SMILES string of the molecule is CC[C@@H](CCN1CCOCC1)Nc1ccc(CNC(=O)c2ccc(N3CCN(CC4=C(c5ccc(Cl)cc5)CCC(C)(CCC(=O)COCCOCCOCCOCCOCC(=O)N[C@H](C(=O)N5C[C@H](O)C[C@H]5C(=O)N[C@@H](C)c5ccc(-c6scnc6C)cc5)C(C)(C)C)C4)CC3)cc2)cc1S(=O)(=O)C(F)(F)F. The number of ether oxygens (including phenoxy) is 6. The predicted octanol–water partition coefficient (Wildman–Crippen LogP) is 10.5. The molecule has 0 spiro atoms. The number of aromatic nitrogens is 1. The van der Waals surface area contributed by atoms with Gasteiger partial charge in [0.1, 0.15) is 25.3 Å². The number of ketones is 1. The summed E-state index contributed by atoms with van der Waals surface area (Å²) < 4.78 is 102. The molecule has 1 unspecified atom stereocenters. The topological polar surface area (TPSA) is 269 Å². The van der Waals surface area contributed by atoms with E-state index in [1.54, 1.807) is 29.0 Å². The number of piperazine rings is 1. The zero-order chi connectivity index (χ0) is 77.6. The number of allylic oxidation sites excluding steroid dienone is 1. The van der Waals surface area contributed by atoms with E-state index in [0.29, 0.717) is 76.0 Å². The largest absolute Gasteiger partial charge is 0.501 e. The molecule has 108 heavy (non-hydrogen) atoms. The highest BCUT2D eigenvalue weighted by Gasteiger charge is 2.49. The van der Waals surface area contributed by atoms with Crippen LogP contribution in [0.4, 0.5) is 24.5 Å². The third-order valence-electron chi connectivity index (χ3n) is 20.4. The number of halogens is 4. The number of sulfone groups is 1. The van der Waals surface area contributed by atoms with Crippen LogP contribution in [0.1, 0.15) is 132 Å². The summed E-state index contributed by atoms with van der Waals surface area (Å²) in [4.78, 5) is 80.4. The lowest BCUT2D eigenvalue weighted by molar-refractivity contribution is -0.144. The number of β-amino-alcohol motifs (C(OH)–C–C–N with tert-alkyl or cyclic N) is 1. The van der Waals surface area contributed by atoms with Gasteiger partial charge >= 0.3 is 5.51 Å². The van der Waals surface area contributed by atoms with Crippen LogP contribution in [0, 0.1) is 17.8 Å². The van der Waals surface area contributed by atoms with Gasteiger partial charge in [-0.25, -0.2) is 13.4 Å². The standard InChI is InChI=1S/C79H107ClF3N9O14S2/c1-8-63(25-28-89-33-35-101-36-34-89)87-68-22-9-56(45-70(68)108(99,100)79(81,82)83)48-84-74(96)60-16-20-64(21-17-60)91-31-29-90(30-32-91)49-61-47-78(7,27-24-67(61)58-14-18-62(80)19-15-58)26-23-65(93)51-105-43-41-103-39-37-102-38-40-104-42-44-106-52-71(95)88-73(77(4,5)6)76(98)92-50-66(94)46-69(92)75(97)86-54(2)57-10-12-59(13-11-57)72-55(3)85-53-107-72/h9-22,45,53-54,63,66,69,73,87,94H,8,23-44,46-52H2,1-7H3,(H,84,96)(H,86,97)(H,88,95)/t54-,63-,66+,69-,73+,78?/m0/s1. The number of thiazole rings is 1. The van der Waals surface area contributed by atoms with Gasteiger partial charge in [0.25, 0.3) is 15.7 Å². The van der Waals surface area contributed by atoms with Gasteiger partial charge in [-0.3, -0.25) is 33.8 Å². The smallest absolute Gasteiger partial charge is 0.391 e. The van der Waals surface area contributed by atoms with E-state index in [9.17, 15) is 50.7 Å². The summed E-state index contributed by atoms with van der Waals surface area (Å²) in [5.74, 6) is -1.80. The molecule has 3 aliphatic heterocycles. The van der Waals surface area contributed by atoms with Gasteiger partial charge in [-0.1, -0.05) is 94.3 Å². The minimum atomic E-state index is -5.73. The molecule has 29 heteroatoms. The fraction of sp³-hybridized carbons (Fsp3) is 0.570. The molecule has 4 amide bonds. The quantitative estimate of drug-likeness (QED) is 0.0229. The van der Waals surface area contributed by atoms with Crippen LogP contribution in [0.15, 0.2) is 107 Å². The van der Waals surface area contributed by atoms with Crippen molar-refractivity contribution < 1.29 is 79.1 Å². The number of likely N-dealkylation sites (tertiary alicyclic amines) is 1. The van der Waals surface area contributed by atoms with Gasteiger partial charge in [-0.2, -0.15) is 13.2 Å². The molecule has 4 aliphatic rings. The van der Waals surface area contributed by atoms with Gasteiger partial charge in [-0.05, 0) is 140 Å². The molecule has 23 nitrogen and oxygen atoms in total. The molecule has 3 saturated heterocycles. The highest BCUT2D eigenvalue weighted by Crippen LogP contribution is 2.46. The third kappa shape index (κ3) is 24.8. The second-order valence-corrected chi connectivity index (χ2v) is 32.9. The van der Waals surface area contributed by atoms with E-state index in [1.165, 1.54) is 28.2 Å². The molecule has 3 fully saturated rings. The van der Waals surface area contributed by atoms with Crippen molar-refractivity contribution in [2.75, 3.05) is 148 Å². The van der Waals surface area contributed by atoms with Crippen LogP contribution in [0.3, 0.4) is 0 Å². The Morgan fingerprint density at radius 2 is 1.43 bits per heavy atom. The Kier molecular flexibility index (Phi) is 31.8. The average molecular weight is 1560 g/mol. The average Bonchev–Trinajstić information content (AvgIpc) is 1.24. The Labute approximate surface area is 642 Å². The third-order valence-corrected chi connectivity index (χ3v) is 23.2. The summed E-state index contributed by atoms with van der Waals surface area (Å²) >= 11 is 7.90. The molecule has 5 aromatic rings. The number of hydrogen-bond donors (Lipinski definition) is 5. The summed E-state index contributed by atoms with van der Waals surface area (Å²) in [6, 6.07) is 24.3. The van der Waals surface area contributed by atoms with Crippen molar-refractivity contribution in [3.63, 3.8) is 0 Å². The zero-order valence-corrected chi connectivity index (χ0v) is 65.5. The van der Waals surface area contributed by atoms with Gasteiger partial charge < -0.3 is 64.6 Å². The molecule has 4 heterocycles. The number of morpholine rings is 1. The first-order valence-electron chi connectivity index (χ1n) is 37.4. The van der Waals surface area contributed by atoms with Crippen LogP contribution in [-0.4, -0.2) is 231 Å². The highest BCUT2D eigenvalue weighted by atomic mass is 35.5. The van der Waals surface area contributed by atoms with E-state index < -0.39 is 67.5 Å². The lowest BCUT2D eigenvalue weighted by Crippen LogP contribution is -2.58. The van der Waals surface area contributed by atoms with Crippen LogP contribution in [0.2, 0.25) is 5.02 Å². The number of aryl methyl sites for hydroxylation is 1. The molecule has 592 valence electrons. The second kappa shape index (κ2) is 40.3. The van der Waals surface area contributed by atoms with Crippen LogP contribution in [0.5, 0.6) is 0 Å². The first kappa shape index (κ1) is 85.1. The summed E-state index contributed by atoms with van der Waals surface area (Å²) in [5.41, 5.74) is 3.43. The fourth-order valence-electron chi connectivity index (χ4n) is 14.0. The fourth-order valence-corrected chi connectivity index (χ4v) is 15.9. The van der Waals surface area contributed by atoms with Crippen molar-refractivity contribution in [1.29, 1.82) is 0 Å². The lowest BCUT2D eigenvalue weighted by atomic mass is 9.69. The normalized spacial score (nSPS) is 19.3. The number of carbonyl (C=O) groups is 5. The summed E-state index contributed by atoms with van der Waals surface area (Å²) in [5, 5.41) is 23.0. The number of anilines is 2. The maximum Gasteiger partial charge on any atom is 0.501 e. The number of aliphatic hydroxyl groups is 1. The van der Waals surface area contributed by atoms with Gasteiger partial charge in [0.05, 0.1) is 105 Å². The monoisotopic (exact) mass is 1560 g/mol. The molecule has 0 bridgehead atoms. The molecule has 4 aromatic carbocycles.